The van der Waals surface area contributed by atoms with E-state index in [1.807, 2.05) is 29.8 Å². The van der Waals surface area contributed by atoms with Crippen molar-refractivity contribution in [3.8, 4) is 0 Å². The van der Waals surface area contributed by atoms with Gasteiger partial charge in [0.15, 0.2) is 5.54 Å². The highest BCUT2D eigenvalue weighted by molar-refractivity contribution is 7.10. The highest BCUT2D eigenvalue weighted by atomic mass is 32.1. The van der Waals surface area contributed by atoms with Gasteiger partial charge in [-0.15, -0.1) is 11.3 Å². The fraction of sp³-hybridized carbons (Fsp3) is 0.471. The Morgan fingerprint density at radius 2 is 2.29 bits per heavy atom. The molecule has 3 saturated carbocycles. The zero-order chi connectivity index (χ0) is 14.8. The van der Waals surface area contributed by atoms with Crippen LogP contribution in [0.3, 0.4) is 0 Å². The predicted octanol–water partition coefficient (Wildman–Crippen LogP) is 3.51. The van der Waals surface area contributed by atoms with Gasteiger partial charge in [0.1, 0.15) is 0 Å². The van der Waals surface area contributed by atoms with E-state index in [1.165, 1.54) is 28.9 Å². The van der Waals surface area contributed by atoms with Crippen LogP contribution in [0.25, 0.3) is 0 Å². The summed E-state index contributed by atoms with van der Waals surface area (Å²) in [6, 6.07) is 3.81. The van der Waals surface area contributed by atoms with Gasteiger partial charge in [-0.1, -0.05) is 19.9 Å². The first-order chi connectivity index (χ1) is 9.95. The number of aliphatic carboxylic acids is 1. The van der Waals surface area contributed by atoms with E-state index in [4.69, 9.17) is 0 Å². The van der Waals surface area contributed by atoms with Crippen LogP contribution < -0.4 is 5.32 Å². The summed E-state index contributed by atoms with van der Waals surface area (Å²) in [5, 5.41) is 14.9. The van der Waals surface area contributed by atoms with Crippen LogP contribution in [0.5, 0.6) is 0 Å². The fourth-order valence-corrected chi connectivity index (χ4v) is 5.05. The molecule has 1 unspecified atom stereocenters. The minimum atomic E-state index is -1.08. The third-order valence-electron chi connectivity index (χ3n) is 5.78. The molecule has 3 nitrogen and oxygen atoms in total. The molecule has 3 fully saturated rings. The van der Waals surface area contributed by atoms with Gasteiger partial charge in [0.2, 0.25) is 0 Å². The van der Waals surface area contributed by atoms with Gasteiger partial charge in [-0.3, -0.25) is 0 Å². The van der Waals surface area contributed by atoms with Crippen molar-refractivity contribution < 1.29 is 9.90 Å². The lowest BCUT2D eigenvalue weighted by Gasteiger charge is -2.59. The molecule has 2 heterocycles. The first-order valence-corrected chi connectivity index (χ1v) is 8.30. The minimum Gasteiger partial charge on any atom is -0.479 e. The number of hydrogen-bond donors (Lipinski definition) is 2. The molecule has 5 rings (SSSR count). The lowest BCUT2D eigenvalue weighted by Crippen LogP contribution is -2.54. The second-order valence-corrected chi connectivity index (χ2v) is 7.96. The summed E-state index contributed by atoms with van der Waals surface area (Å²) in [6.07, 6.45) is 6.20. The Morgan fingerprint density at radius 1 is 1.48 bits per heavy atom. The highest BCUT2D eigenvalue weighted by Gasteiger charge is 2.55. The van der Waals surface area contributed by atoms with Gasteiger partial charge >= 0.3 is 5.97 Å². The van der Waals surface area contributed by atoms with Crippen LogP contribution in [0.1, 0.15) is 31.6 Å². The standard InChI is InChI=1S/C17H19NO2S/c1-16(2)11-6-10-8-17(15(19)20,14-4-3-5-21-14)18-9-12(10)13(16)7-11/h3-5,8-9,11,13,18H,6-7H2,1-2H3,(H,19,20)/t11-,13-,17?/m1/s1. The van der Waals surface area contributed by atoms with E-state index in [2.05, 4.69) is 19.2 Å². The number of carbonyl (C=O) groups is 1. The molecule has 0 spiro atoms. The van der Waals surface area contributed by atoms with Crippen LogP contribution in [-0.4, -0.2) is 11.1 Å². The van der Waals surface area contributed by atoms with Crippen molar-refractivity contribution >= 4 is 17.3 Å². The molecular weight excluding hydrogens is 282 g/mol. The Labute approximate surface area is 128 Å². The molecule has 3 aliphatic carbocycles. The summed E-state index contributed by atoms with van der Waals surface area (Å²) in [6.45, 7) is 4.67. The first-order valence-electron chi connectivity index (χ1n) is 7.42. The van der Waals surface area contributed by atoms with Crippen molar-refractivity contribution in [2.75, 3.05) is 0 Å². The summed E-state index contributed by atoms with van der Waals surface area (Å²) in [5.74, 6) is 0.440. The Kier molecular flexibility index (Phi) is 2.51. The Bertz CT molecular complexity index is 671. The SMILES string of the molecule is CC1(C)[C@@H]2CC3=CC(C(=O)O)(c4cccs4)NC=C3[C@H]1C2. The normalized spacial score (nSPS) is 35.7. The van der Waals surface area contributed by atoms with E-state index in [-0.39, 0.29) is 0 Å². The second kappa shape index (κ2) is 4.01. The van der Waals surface area contributed by atoms with Crippen molar-refractivity contribution in [3.63, 3.8) is 0 Å². The van der Waals surface area contributed by atoms with E-state index in [0.717, 1.165) is 11.3 Å². The number of dihydropyridines is 1. The van der Waals surface area contributed by atoms with Crippen LogP contribution >= 0.6 is 11.3 Å². The van der Waals surface area contributed by atoms with Crippen LogP contribution in [-0.2, 0) is 10.3 Å². The molecule has 3 atom stereocenters. The van der Waals surface area contributed by atoms with Crippen molar-refractivity contribution in [2.45, 2.75) is 32.2 Å². The van der Waals surface area contributed by atoms with Gasteiger partial charge in [0.05, 0.1) is 0 Å². The maximum absolute atomic E-state index is 11.9. The van der Waals surface area contributed by atoms with Crippen molar-refractivity contribution in [3.05, 3.63) is 45.8 Å². The van der Waals surface area contributed by atoms with Crippen molar-refractivity contribution in [2.24, 2.45) is 17.3 Å². The number of nitrogens with one attached hydrogen (secondary N) is 1. The Balaban J connectivity index is 1.78. The molecule has 1 aliphatic heterocycles. The van der Waals surface area contributed by atoms with Crippen LogP contribution in [0.4, 0.5) is 0 Å². The van der Waals surface area contributed by atoms with E-state index in [9.17, 15) is 9.90 Å². The van der Waals surface area contributed by atoms with Crippen LogP contribution in [0.15, 0.2) is 40.9 Å². The average Bonchev–Trinajstić information content (AvgIpc) is 3.00. The maximum Gasteiger partial charge on any atom is 0.339 e. The molecule has 1 aromatic rings. The zero-order valence-corrected chi connectivity index (χ0v) is 13.0. The van der Waals surface area contributed by atoms with Gasteiger partial charge < -0.3 is 10.4 Å². The monoisotopic (exact) mass is 301 g/mol. The third-order valence-corrected chi connectivity index (χ3v) is 6.78. The van der Waals surface area contributed by atoms with Crippen LogP contribution in [0.2, 0.25) is 0 Å². The molecule has 2 bridgehead atoms. The molecular formula is C17H19NO2S. The number of carboxylic acid groups (broad SMARTS) is 1. The minimum absolute atomic E-state index is 0.358. The average molecular weight is 301 g/mol. The molecule has 0 amide bonds. The topological polar surface area (TPSA) is 49.3 Å². The van der Waals surface area contributed by atoms with E-state index in [0.29, 0.717) is 17.3 Å². The summed E-state index contributed by atoms with van der Waals surface area (Å²) in [7, 11) is 0. The molecule has 4 heteroatoms. The van der Waals surface area contributed by atoms with Crippen LogP contribution in [0, 0.1) is 17.3 Å². The van der Waals surface area contributed by atoms with Crippen molar-refractivity contribution in [1.82, 2.24) is 5.32 Å². The number of carboxylic acids is 1. The van der Waals surface area contributed by atoms with Gasteiger partial charge in [-0.05, 0) is 58.8 Å². The van der Waals surface area contributed by atoms with E-state index < -0.39 is 11.5 Å². The molecule has 110 valence electrons. The van der Waals surface area contributed by atoms with Gasteiger partial charge in [0, 0.05) is 11.1 Å². The summed E-state index contributed by atoms with van der Waals surface area (Å²) < 4.78 is 0. The summed E-state index contributed by atoms with van der Waals surface area (Å²) >= 11 is 1.49. The molecule has 4 aliphatic rings. The molecule has 0 saturated heterocycles. The first kappa shape index (κ1) is 13.1. The second-order valence-electron chi connectivity index (χ2n) is 7.01. The number of hydrogen-bond acceptors (Lipinski definition) is 3. The van der Waals surface area contributed by atoms with E-state index in [1.54, 1.807) is 0 Å². The number of thiophene rings is 1. The van der Waals surface area contributed by atoms with Gasteiger partial charge in [-0.2, -0.15) is 0 Å². The lowest BCUT2D eigenvalue weighted by molar-refractivity contribution is -0.142. The summed E-state index contributed by atoms with van der Waals surface area (Å²) in [5.41, 5.74) is 1.85. The zero-order valence-electron chi connectivity index (χ0n) is 12.2. The molecule has 21 heavy (non-hydrogen) atoms. The maximum atomic E-state index is 11.9. The van der Waals surface area contributed by atoms with Gasteiger partial charge in [-0.25, -0.2) is 4.79 Å². The largest absolute Gasteiger partial charge is 0.479 e. The molecule has 2 N–H and O–H groups in total. The number of rotatable bonds is 2. The highest BCUT2D eigenvalue weighted by Crippen LogP contribution is 2.63. The Morgan fingerprint density at radius 3 is 2.90 bits per heavy atom. The molecule has 0 radical (unpaired) electrons. The molecule has 1 aromatic heterocycles. The smallest absolute Gasteiger partial charge is 0.339 e. The predicted molar refractivity (Wildman–Crippen MR) is 82.9 cm³/mol. The van der Waals surface area contributed by atoms with E-state index >= 15 is 0 Å². The van der Waals surface area contributed by atoms with Crippen molar-refractivity contribution in [1.29, 1.82) is 0 Å². The molecule has 0 aromatic carbocycles. The summed E-state index contributed by atoms with van der Waals surface area (Å²) in [4.78, 5) is 12.8. The quantitative estimate of drug-likeness (QED) is 0.879. The van der Waals surface area contributed by atoms with Gasteiger partial charge in [0.25, 0.3) is 0 Å². The Hall–Kier alpha value is -1.55. The lowest BCUT2D eigenvalue weighted by atomic mass is 9.46. The fourth-order valence-electron chi connectivity index (χ4n) is 4.20. The third kappa shape index (κ3) is 1.57. The number of allylic oxidation sites excluding steroid dienone is 2.